The Morgan fingerprint density at radius 2 is 1.75 bits per heavy atom. The van der Waals surface area contributed by atoms with Gasteiger partial charge in [0, 0.05) is 5.75 Å². The second-order valence-corrected chi connectivity index (χ2v) is 9.55. The van der Waals surface area contributed by atoms with Gasteiger partial charge in [-0.25, -0.2) is 12.8 Å². The SMILES string of the molecule is O=S(=O)(c1ccccc1)c1nc(-c2cccs2)oc1SCc1ccccc1F. The molecule has 28 heavy (non-hydrogen) atoms. The first-order valence-corrected chi connectivity index (χ1v) is 11.6. The van der Waals surface area contributed by atoms with Crippen LogP contribution in [-0.4, -0.2) is 13.4 Å². The minimum absolute atomic E-state index is 0.133. The number of hydrogen-bond donors (Lipinski definition) is 0. The maximum Gasteiger partial charge on any atom is 0.238 e. The predicted molar refractivity (Wildman–Crippen MR) is 108 cm³/mol. The van der Waals surface area contributed by atoms with E-state index in [0.29, 0.717) is 5.56 Å². The van der Waals surface area contributed by atoms with Gasteiger partial charge in [-0.05, 0) is 35.2 Å². The monoisotopic (exact) mass is 431 g/mol. The smallest absolute Gasteiger partial charge is 0.238 e. The van der Waals surface area contributed by atoms with Crippen LogP contribution in [0.2, 0.25) is 0 Å². The Kier molecular flexibility index (Phi) is 5.34. The normalized spacial score (nSPS) is 11.6. The van der Waals surface area contributed by atoms with E-state index in [4.69, 9.17) is 4.42 Å². The van der Waals surface area contributed by atoms with Crippen molar-refractivity contribution < 1.29 is 17.2 Å². The lowest BCUT2D eigenvalue weighted by molar-refractivity contribution is 0.471. The molecule has 0 saturated heterocycles. The van der Waals surface area contributed by atoms with Crippen molar-refractivity contribution in [1.82, 2.24) is 4.98 Å². The van der Waals surface area contributed by atoms with Gasteiger partial charge in [-0.3, -0.25) is 0 Å². The average Bonchev–Trinajstić information content (AvgIpc) is 3.38. The lowest BCUT2D eigenvalue weighted by Crippen LogP contribution is -2.03. The number of thioether (sulfide) groups is 1. The van der Waals surface area contributed by atoms with Crippen LogP contribution >= 0.6 is 23.1 Å². The highest BCUT2D eigenvalue weighted by Crippen LogP contribution is 2.37. The summed E-state index contributed by atoms with van der Waals surface area (Å²) in [7, 11) is -3.87. The molecule has 4 aromatic rings. The van der Waals surface area contributed by atoms with Gasteiger partial charge in [-0.15, -0.1) is 11.3 Å². The number of sulfone groups is 1. The molecular weight excluding hydrogens is 417 g/mol. The molecule has 2 aromatic carbocycles. The number of rotatable bonds is 6. The molecule has 8 heteroatoms. The van der Waals surface area contributed by atoms with Crippen LogP contribution in [0.3, 0.4) is 0 Å². The van der Waals surface area contributed by atoms with E-state index in [0.717, 1.165) is 16.6 Å². The molecule has 4 nitrogen and oxygen atoms in total. The largest absolute Gasteiger partial charge is 0.428 e. The lowest BCUT2D eigenvalue weighted by Gasteiger charge is -2.04. The summed E-state index contributed by atoms with van der Waals surface area (Å²) in [6.07, 6.45) is 0. The van der Waals surface area contributed by atoms with Crippen molar-refractivity contribution in [2.75, 3.05) is 0 Å². The summed E-state index contributed by atoms with van der Waals surface area (Å²) >= 11 is 2.51. The first kappa shape index (κ1) is 18.9. The molecule has 0 aliphatic rings. The molecule has 0 atom stereocenters. The summed E-state index contributed by atoms with van der Waals surface area (Å²) in [6, 6.07) is 18.1. The Bertz CT molecular complexity index is 1190. The molecule has 0 N–H and O–H groups in total. The summed E-state index contributed by atoms with van der Waals surface area (Å²) in [4.78, 5) is 5.13. The standard InChI is InChI=1S/C20H14FNO3S3/c21-16-10-5-4-7-14(16)13-27-20-19(22-18(25-20)17-11-6-12-26-17)28(23,24)15-8-2-1-3-9-15/h1-12H,13H2. The molecule has 2 aromatic heterocycles. The molecule has 0 saturated carbocycles. The van der Waals surface area contributed by atoms with Gasteiger partial charge < -0.3 is 4.42 Å². The zero-order valence-electron chi connectivity index (χ0n) is 14.4. The van der Waals surface area contributed by atoms with Crippen molar-refractivity contribution in [3.63, 3.8) is 0 Å². The predicted octanol–water partition coefficient (Wildman–Crippen LogP) is 5.67. The maximum atomic E-state index is 13.9. The second-order valence-electron chi connectivity index (χ2n) is 5.79. The molecule has 0 unspecified atom stereocenters. The average molecular weight is 432 g/mol. The second kappa shape index (κ2) is 7.90. The molecule has 4 rings (SSSR count). The minimum Gasteiger partial charge on any atom is -0.428 e. The van der Waals surface area contributed by atoms with Crippen LogP contribution in [0, 0.1) is 5.82 Å². The zero-order chi connectivity index (χ0) is 19.6. The summed E-state index contributed by atoms with van der Waals surface area (Å²) < 4.78 is 46.0. The number of thiophene rings is 1. The van der Waals surface area contributed by atoms with Crippen LogP contribution in [0.25, 0.3) is 10.8 Å². The van der Waals surface area contributed by atoms with Gasteiger partial charge in [0.15, 0.2) is 0 Å². The fraction of sp³-hybridized carbons (Fsp3) is 0.0500. The third-order valence-electron chi connectivity index (χ3n) is 3.92. The Labute approximate surface area is 170 Å². The van der Waals surface area contributed by atoms with E-state index in [-0.39, 0.29) is 32.5 Å². The summed E-state index contributed by atoms with van der Waals surface area (Å²) in [6.45, 7) is 0. The molecule has 0 aliphatic heterocycles. The molecule has 0 radical (unpaired) electrons. The van der Waals surface area contributed by atoms with Crippen LogP contribution < -0.4 is 0 Å². The number of hydrogen-bond acceptors (Lipinski definition) is 6. The Balaban J connectivity index is 1.75. The number of nitrogens with zero attached hydrogens (tertiary/aromatic N) is 1. The number of oxazole rings is 1. The highest BCUT2D eigenvalue weighted by molar-refractivity contribution is 7.99. The fourth-order valence-corrected chi connectivity index (χ4v) is 5.71. The summed E-state index contributed by atoms with van der Waals surface area (Å²) in [5.74, 6) is 0.115. The molecular formula is C20H14FNO3S3. The quantitative estimate of drug-likeness (QED) is 0.368. The van der Waals surface area contributed by atoms with Crippen molar-refractivity contribution in [3.8, 4) is 10.8 Å². The van der Waals surface area contributed by atoms with Gasteiger partial charge in [0.25, 0.3) is 0 Å². The summed E-state index contributed by atoms with van der Waals surface area (Å²) in [5.41, 5.74) is 0.463. The van der Waals surface area contributed by atoms with Gasteiger partial charge in [-0.2, -0.15) is 4.98 Å². The van der Waals surface area contributed by atoms with Gasteiger partial charge in [0.2, 0.25) is 25.8 Å². The zero-order valence-corrected chi connectivity index (χ0v) is 16.9. The first-order valence-electron chi connectivity index (χ1n) is 8.27. The van der Waals surface area contributed by atoms with Crippen molar-refractivity contribution in [3.05, 3.63) is 83.5 Å². The van der Waals surface area contributed by atoms with Gasteiger partial charge in [-0.1, -0.05) is 54.2 Å². The highest BCUT2D eigenvalue weighted by Gasteiger charge is 2.29. The van der Waals surface area contributed by atoms with Crippen molar-refractivity contribution in [2.24, 2.45) is 0 Å². The summed E-state index contributed by atoms with van der Waals surface area (Å²) in [5, 5.41) is 1.86. The van der Waals surface area contributed by atoms with E-state index < -0.39 is 9.84 Å². The van der Waals surface area contributed by atoms with Crippen LogP contribution in [-0.2, 0) is 15.6 Å². The molecule has 0 fully saturated rings. The lowest BCUT2D eigenvalue weighted by atomic mass is 10.2. The van der Waals surface area contributed by atoms with Gasteiger partial charge in [0.1, 0.15) is 5.82 Å². The molecule has 2 heterocycles. The van der Waals surface area contributed by atoms with Crippen molar-refractivity contribution in [2.45, 2.75) is 20.8 Å². The van der Waals surface area contributed by atoms with E-state index >= 15 is 0 Å². The minimum atomic E-state index is -3.87. The Morgan fingerprint density at radius 3 is 2.46 bits per heavy atom. The highest BCUT2D eigenvalue weighted by atomic mass is 32.2. The van der Waals surface area contributed by atoms with E-state index in [9.17, 15) is 12.8 Å². The molecule has 0 amide bonds. The third kappa shape index (κ3) is 3.76. The molecule has 0 spiro atoms. The van der Waals surface area contributed by atoms with E-state index in [1.54, 1.807) is 42.5 Å². The van der Waals surface area contributed by atoms with Crippen LogP contribution in [0.5, 0.6) is 0 Å². The Morgan fingerprint density at radius 1 is 1.00 bits per heavy atom. The van der Waals surface area contributed by atoms with Crippen molar-refractivity contribution in [1.29, 1.82) is 0 Å². The molecule has 0 aliphatic carbocycles. The number of halogens is 1. The fourth-order valence-electron chi connectivity index (χ4n) is 2.53. The maximum absolute atomic E-state index is 13.9. The van der Waals surface area contributed by atoms with Crippen LogP contribution in [0.1, 0.15) is 5.56 Å². The van der Waals surface area contributed by atoms with Gasteiger partial charge >= 0.3 is 0 Å². The molecule has 142 valence electrons. The van der Waals surface area contributed by atoms with E-state index in [1.165, 1.54) is 29.5 Å². The van der Waals surface area contributed by atoms with Crippen LogP contribution in [0.15, 0.2) is 91.5 Å². The van der Waals surface area contributed by atoms with Crippen molar-refractivity contribution >= 4 is 32.9 Å². The third-order valence-corrected chi connectivity index (χ3v) is 7.58. The topological polar surface area (TPSA) is 60.2 Å². The molecule has 0 bridgehead atoms. The Hall–Kier alpha value is -2.42. The number of aromatic nitrogens is 1. The van der Waals surface area contributed by atoms with E-state index in [1.807, 2.05) is 11.4 Å². The van der Waals surface area contributed by atoms with E-state index in [2.05, 4.69) is 4.98 Å². The van der Waals surface area contributed by atoms with Crippen LogP contribution in [0.4, 0.5) is 4.39 Å². The van der Waals surface area contributed by atoms with Gasteiger partial charge in [0.05, 0.1) is 9.77 Å². The first-order chi connectivity index (χ1) is 13.6. The number of benzene rings is 2.